The van der Waals surface area contributed by atoms with Crippen molar-refractivity contribution in [2.45, 2.75) is 78.2 Å². The summed E-state index contributed by atoms with van der Waals surface area (Å²) >= 11 is 0. The molecule has 0 unspecified atom stereocenters. The molecule has 28 heavy (non-hydrogen) atoms. The van der Waals surface area contributed by atoms with Gasteiger partial charge >= 0.3 is 0 Å². The molecule has 0 bridgehead atoms. The Labute approximate surface area is 175 Å². The molecular weight excluding hydrogens is 380 g/mol. The van der Waals surface area contributed by atoms with Crippen LogP contribution in [-0.2, 0) is 15.8 Å². The van der Waals surface area contributed by atoms with Crippen molar-refractivity contribution in [3.8, 4) is 17.2 Å². The Morgan fingerprint density at radius 3 is 2.04 bits per heavy atom. The lowest BCUT2D eigenvalue weighted by Gasteiger charge is -2.40. The molecule has 3 nitrogen and oxygen atoms in total. The SMILES string of the molecule is COc1ccc(COC[C@@H](O[Si](C)(C)C(C)(C)C)[C@@H](C)C#C[Si](C)(C)C)cc1. The summed E-state index contributed by atoms with van der Waals surface area (Å²) in [5.41, 5.74) is 4.63. The van der Waals surface area contributed by atoms with E-state index in [1.54, 1.807) is 7.11 Å². The Hall–Kier alpha value is -1.07. The van der Waals surface area contributed by atoms with Gasteiger partial charge in [-0.3, -0.25) is 0 Å². The van der Waals surface area contributed by atoms with Crippen molar-refractivity contribution in [1.82, 2.24) is 0 Å². The molecule has 0 aliphatic rings. The highest BCUT2D eigenvalue weighted by Crippen LogP contribution is 2.38. The minimum Gasteiger partial charge on any atom is -0.497 e. The van der Waals surface area contributed by atoms with Gasteiger partial charge in [-0.25, -0.2) is 0 Å². The van der Waals surface area contributed by atoms with Crippen LogP contribution in [0.3, 0.4) is 0 Å². The highest BCUT2D eigenvalue weighted by molar-refractivity contribution is 6.83. The largest absolute Gasteiger partial charge is 0.497 e. The van der Waals surface area contributed by atoms with Crippen molar-refractivity contribution in [2.75, 3.05) is 13.7 Å². The number of hydrogen-bond donors (Lipinski definition) is 0. The summed E-state index contributed by atoms with van der Waals surface area (Å²) in [7, 11) is -1.63. The first-order valence-electron chi connectivity index (χ1n) is 10.2. The first kappa shape index (κ1) is 25.0. The molecule has 5 heteroatoms. The standard InChI is InChI=1S/C23H40O3Si2/c1-19(15-16-27(6,7)8)22(26-28(9,10)23(2,3)4)18-25-17-20-11-13-21(24-5)14-12-20/h11-14,19,22H,17-18H2,1-10H3/t19-,22+/m0/s1. The van der Waals surface area contributed by atoms with E-state index in [4.69, 9.17) is 13.9 Å². The monoisotopic (exact) mass is 420 g/mol. The molecule has 0 aromatic heterocycles. The molecule has 0 amide bonds. The predicted octanol–water partition coefficient (Wildman–Crippen LogP) is 6.12. The van der Waals surface area contributed by atoms with Crippen LogP contribution in [0.4, 0.5) is 0 Å². The number of rotatable bonds is 8. The summed E-state index contributed by atoms with van der Waals surface area (Å²) in [5, 5.41) is 0.160. The third-order valence-corrected chi connectivity index (χ3v) is 10.6. The van der Waals surface area contributed by atoms with E-state index in [0.29, 0.717) is 13.2 Å². The molecule has 1 aromatic carbocycles. The van der Waals surface area contributed by atoms with E-state index in [9.17, 15) is 0 Å². The van der Waals surface area contributed by atoms with Crippen molar-refractivity contribution in [3.05, 3.63) is 29.8 Å². The number of benzene rings is 1. The van der Waals surface area contributed by atoms with Gasteiger partial charge in [-0.05, 0) is 42.8 Å². The van der Waals surface area contributed by atoms with Gasteiger partial charge in [0.05, 0.1) is 26.4 Å². The fraction of sp³-hybridized carbons (Fsp3) is 0.652. The Kier molecular flexibility index (Phi) is 9.02. The minimum atomic E-state index is -1.90. The number of hydrogen-bond acceptors (Lipinski definition) is 3. The quantitative estimate of drug-likeness (QED) is 0.374. The summed E-state index contributed by atoms with van der Waals surface area (Å²) in [5.74, 6) is 4.48. The maximum Gasteiger partial charge on any atom is 0.192 e. The van der Waals surface area contributed by atoms with Crippen LogP contribution in [0.15, 0.2) is 24.3 Å². The van der Waals surface area contributed by atoms with Gasteiger partial charge in [-0.1, -0.05) is 52.5 Å². The van der Waals surface area contributed by atoms with Crippen LogP contribution < -0.4 is 4.74 Å². The van der Waals surface area contributed by atoms with Gasteiger partial charge in [0.1, 0.15) is 13.8 Å². The molecule has 0 saturated carbocycles. The van der Waals surface area contributed by atoms with Crippen LogP contribution in [0.1, 0.15) is 33.3 Å². The summed E-state index contributed by atoms with van der Waals surface area (Å²) < 4.78 is 18.0. The predicted molar refractivity (Wildman–Crippen MR) is 125 cm³/mol. The average molecular weight is 421 g/mol. The fourth-order valence-electron chi connectivity index (χ4n) is 2.27. The molecule has 0 fully saturated rings. The molecule has 0 aliphatic carbocycles. The van der Waals surface area contributed by atoms with Crippen molar-refractivity contribution in [2.24, 2.45) is 5.92 Å². The van der Waals surface area contributed by atoms with Crippen LogP contribution in [0, 0.1) is 17.4 Å². The zero-order valence-corrected chi connectivity index (χ0v) is 21.6. The normalized spacial score (nSPS) is 14.8. The molecule has 2 atom stereocenters. The van der Waals surface area contributed by atoms with E-state index in [-0.39, 0.29) is 17.1 Å². The van der Waals surface area contributed by atoms with Crippen LogP contribution in [0.5, 0.6) is 5.75 Å². The zero-order valence-electron chi connectivity index (χ0n) is 19.6. The van der Waals surface area contributed by atoms with E-state index in [1.807, 2.05) is 24.3 Å². The Morgan fingerprint density at radius 2 is 1.57 bits per heavy atom. The second kappa shape index (κ2) is 10.1. The van der Waals surface area contributed by atoms with Crippen LogP contribution >= 0.6 is 0 Å². The number of methoxy groups -OCH3 is 1. The van der Waals surface area contributed by atoms with Crippen molar-refractivity contribution < 1.29 is 13.9 Å². The summed E-state index contributed by atoms with van der Waals surface area (Å²) in [4.78, 5) is 0. The first-order valence-corrected chi connectivity index (χ1v) is 16.6. The molecular formula is C23H40O3Si2. The molecule has 0 N–H and O–H groups in total. The molecule has 0 spiro atoms. The molecule has 158 valence electrons. The third-order valence-electron chi connectivity index (χ3n) is 5.19. The molecule has 0 radical (unpaired) electrons. The van der Waals surface area contributed by atoms with Crippen molar-refractivity contribution in [1.29, 1.82) is 0 Å². The second-order valence-electron chi connectivity index (χ2n) is 10.1. The van der Waals surface area contributed by atoms with Gasteiger partial charge in [0.15, 0.2) is 8.32 Å². The summed E-state index contributed by atoms with van der Waals surface area (Å²) in [6.45, 7) is 21.5. The molecule has 0 heterocycles. The van der Waals surface area contributed by atoms with Crippen molar-refractivity contribution >= 4 is 16.4 Å². The smallest absolute Gasteiger partial charge is 0.192 e. The topological polar surface area (TPSA) is 27.7 Å². The van der Waals surface area contributed by atoms with Crippen LogP contribution in [-0.4, -0.2) is 36.2 Å². The van der Waals surface area contributed by atoms with Gasteiger partial charge < -0.3 is 13.9 Å². The van der Waals surface area contributed by atoms with Gasteiger partial charge in [-0.2, -0.15) is 0 Å². The second-order valence-corrected chi connectivity index (χ2v) is 19.6. The zero-order chi connectivity index (χ0) is 21.6. The van der Waals surface area contributed by atoms with Gasteiger partial charge in [-0.15, -0.1) is 11.5 Å². The maximum atomic E-state index is 6.71. The maximum absolute atomic E-state index is 6.71. The summed E-state index contributed by atoms with van der Waals surface area (Å²) in [6.07, 6.45) is -0.0111. The van der Waals surface area contributed by atoms with Crippen LogP contribution in [0.25, 0.3) is 0 Å². The molecule has 0 aliphatic heterocycles. The first-order chi connectivity index (χ1) is 12.7. The Balaban J connectivity index is 2.85. The third kappa shape index (κ3) is 8.52. The molecule has 0 saturated heterocycles. The highest BCUT2D eigenvalue weighted by Gasteiger charge is 2.40. The number of ether oxygens (including phenoxy) is 2. The van der Waals surface area contributed by atoms with E-state index >= 15 is 0 Å². The van der Waals surface area contributed by atoms with Gasteiger partial charge in [0, 0.05) is 5.92 Å². The van der Waals surface area contributed by atoms with E-state index in [1.165, 1.54) is 0 Å². The average Bonchev–Trinajstić information content (AvgIpc) is 2.57. The highest BCUT2D eigenvalue weighted by atomic mass is 28.4. The summed E-state index contributed by atoms with van der Waals surface area (Å²) in [6, 6.07) is 8.00. The Bertz CT molecular complexity index is 658. The van der Waals surface area contributed by atoms with Crippen LogP contribution in [0.2, 0.25) is 37.8 Å². The lowest BCUT2D eigenvalue weighted by Crippen LogP contribution is -2.46. The lowest BCUT2D eigenvalue weighted by molar-refractivity contribution is 0.0200. The lowest BCUT2D eigenvalue weighted by atomic mass is 10.1. The molecule has 1 rings (SSSR count). The van der Waals surface area contributed by atoms with E-state index in [2.05, 4.69) is 71.9 Å². The van der Waals surface area contributed by atoms with E-state index in [0.717, 1.165) is 11.3 Å². The Morgan fingerprint density at radius 1 is 1.00 bits per heavy atom. The van der Waals surface area contributed by atoms with E-state index < -0.39 is 16.4 Å². The van der Waals surface area contributed by atoms with Gasteiger partial charge in [0.25, 0.3) is 0 Å². The minimum absolute atomic E-state index is 0.0111. The molecule has 1 aromatic rings. The van der Waals surface area contributed by atoms with Gasteiger partial charge in [0.2, 0.25) is 0 Å². The fourth-order valence-corrected chi connectivity index (χ4v) is 4.32. The van der Waals surface area contributed by atoms with Crippen molar-refractivity contribution in [3.63, 3.8) is 0 Å².